The maximum Gasteiger partial charge on any atom is 0.387 e. The Kier molecular flexibility index (Phi) is 7.09. The Morgan fingerprint density at radius 2 is 1.83 bits per heavy atom. The van der Waals surface area contributed by atoms with Crippen LogP contribution in [-0.2, 0) is 23.5 Å². The van der Waals surface area contributed by atoms with Gasteiger partial charge in [0.15, 0.2) is 0 Å². The highest BCUT2D eigenvalue weighted by Gasteiger charge is 2.28. The molecule has 1 amide bonds. The molecule has 1 fully saturated rings. The number of benzene rings is 1. The number of carbonyl (C=O) groups excluding carboxylic acids is 1. The van der Waals surface area contributed by atoms with Crippen LogP contribution < -0.4 is 10.1 Å². The van der Waals surface area contributed by atoms with Crippen LogP contribution in [0.2, 0.25) is 0 Å². The van der Waals surface area contributed by atoms with Crippen LogP contribution in [0.15, 0.2) is 41.4 Å². The van der Waals surface area contributed by atoms with E-state index in [-0.39, 0.29) is 22.2 Å². The lowest BCUT2D eigenvalue weighted by Crippen LogP contribution is -2.35. The molecule has 1 saturated heterocycles. The van der Waals surface area contributed by atoms with Gasteiger partial charge in [-0.2, -0.15) is 13.1 Å². The van der Waals surface area contributed by atoms with Crippen LogP contribution in [0.5, 0.6) is 5.75 Å². The van der Waals surface area contributed by atoms with Crippen LogP contribution >= 0.6 is 0 Å². The molecular weight excluding hydrogens is 416 g/mol. The number of carbonyl (C=O) groups is 1. The predicted octanol–water partition coefficient (Wildman–Crippen LogP) is 2.77. The maximum atomic E-state index is 12.8. The first-order valence-corrected chi connectivity index (χ1v) is 11.2. The molecule has 1 aliphatic rings. The van der Waals surface area contributed by atoms with Crippen LogP contribution in [0.1, 0.15) is 35.3 Å². The average molecular weight is 442 g/mol. The molecule has 30 heavy (non-hydrogen) atoms. The summed E-state index contributed by atoms with van der Waals surface area (Å²) in [5.41, 5.74) is 1.10. The van der Waals surface area contributed by atoms with Crippen molar-refractivity contribution in [3.8, 4) is 5.75 Å². The number of ether oxygens (including phenoxy) is 1. The lowest BCUT2D eigenvalue weighted by molar-refractivity contribution is -0.0498. The van der Waals surface area contributed by atoms with Gasteiger partial charge in [0.1, 0.15) is 16.3 Å². The molecule has 3 rings (SSSR count). The summed E-state index contributed by atoms with van der Waals surface area (Å²) in [6, 6.07) is 7.58. The summed E-state index contributed by atoms with van der Waals surface area (Å²) in [5.74, 6) is -0.306. The van der Waals surface area contributed by atoms with Crippen LogP contribution in [0.4, 0.5) is 8.78 Å². The van der Waals surface area contributed by atoms with Crippen molar-refractivity contribution in [3.63, 3.8) is 0 Å². The van der Waals surface area contributed by atoms with Gasteiger partial charge in [-0.1, -0.05) is 18.6 Å². The normalized spacial score (nSPS) is 15.3. The monoisotopic (exact) mass is 441 g/mol. The number of aryl methyl sites for hydroxylation is 1. The number of rotatable bonds is 8. The third-order valence-electron chi connectivity index (χ3n) is 5.01. The highest BCUT2D eigenvalue weighted by Crippen LogP contribution is 2.22. The van der Waals surface area contributed by atoms with Gasteiger partial charge in [-0.3, -0.25) is 4.79 Å². The molecule has 10 heteroatoms. The molecule has 0 unspecified atom stereocenters. The molecule has 1 aromatic heterocycles. The molecule has 0 atom stereocenters. The van der Waals surface area contributed by atoms with Gasteiger partial charge in [-0.15, -0.1) is 0 Å². The second-order valence-electron chi connectivity index (χ2n) is 7.17. The summed E-state index contributed by atoms with van der Waals surface area (Å²) >= 11 is 0. The van der Waals surface area contributed by atoms with Gasteiger partial charge in [0.05, 0.1) is 0 Å². The fraction of sp³-hybridized carbons (Fsp3) is 0.450. The van der Waals surface area contributed by atoms with Crippen molar-refractivity contribution >= 4 is 15.9 Å². The fourth-order valence-electron chi connectivity index (χ4n) is 3.40. The molecule has 1 aliphatic heterocycles. The van der Waals surface area contributed by atoms with Crippen molar-refractivity contribution < 1.29 is 26.7 Å². The third-order valence-corrected chi connectivity index (χ3v) is 6.88. The largest absolute Gasteiger partial charge is 0.435 e. The van der Waals surface area contributed by atoms with Gasteiger partial charge >= 0.3 is 6.61 Å². The van der Waals surface area contributed by atoms with Crippen LogP contribution in [0.3, 0.4) is 0 Å². The van der Waals surface area contributed by atoms with Gasteiger partial charge in [-0.25, -0.2) is 8.42 Å². The van der Waals surface area contributed by atoms with E-state index in [2.05, 4.69) is 10.1 Å². The molecule has 2 aromatic rings. The molecule has 164 valence electrons. The van der Waals surface area contributed by atoms with E-state index in [1.165, 1.54) is 33.3 Å². The van der Waals surface area contributed by atoms with Crippen molar-refractivity contribution in [1.82, 2.24) is 14.2 Å². The molecular formula is C20H25F2N3O4S. The fourth-order valence-corrected chi connectivity index (χ4v) is 4.99. The summed E-state index contributed by atoms with van der Waals surface area (Å²) < 4.78 is 57.2. The Balaban J connectivity index is 1.58. The lowest BCUT2D eigenvalue weighted by atomic mass is 10.1. The van der Waals surface area contributed by atoms with E-state index < -0.39 is 16.6 Å². The van der Waals surface area contributed by atoms with Crippen LogP contribution in [0.25, 0.3) is 0 Å². The second kappa shape index (κ2) is 9.57. The molecule has 2 heterocycles. The number of sulfonamides is 1. The van der Waals surface area contributed by atoms with E-state index in [4.69, 9.17) is 0 Å². The minimum atomic E-state index is -3.61. The smallest absolute Gasteiger partial charge is 0.387 e. The Bertz CT molecular complexity index is 968. The van der Waals surface area contributed by atoms with E-state index in [0.29, 0.717) is 26.1 Å². The first-order chi connectivity index (χ1) is 14.3. The number of nitrogens with one attached hydrogen (secondary N) is 1. The Labute approximate surface area is 174 Å². The zero-order chi connectivity index (χ0) is 21.7. The van der Waals surface area contributed by atoms with Crippen molar-refractivity contribution in [3.05, 3.63) is 47.8 Å². The molecule has 0 aliphatic carbocycles. The topological polar surface area (TPSA) is 80.6 Å². The number of amides is 1. The van der Waals surface area contributed by atoms with E-state index >= 15 is 0 Å². The summed E-state index contributed by atoms with van der Waals surface area (Å²) in [7, 11) is -1.98. The number of aromatic nitrogens is 1. The maximum absolute atomic E-state index is 12.8. The molecule has 0 radical (unpaired) electrons. The Hall–Kier alpha value is -2.46. The summed E-state index contributed by atoms with van der Waals surface area (Å²) in [4.78, 5) is 12.6. The minimum absolute atomic E-state index is 0.0732. The SMILES string of the molecule is Cn1cc(S(=O)(=O)N2CCCCC2)cc1C(=O)NCCc1ccc(OC(F)F)cc1. The predicted molar refractivity (Wildman–Crippen MR) is 107 cm³/mol. The first kappa shape index (κ1) is 22.2. The van der Waals surface area contributed by atoms with E-state index in [1.807, 2.05) is 0 Å². The van der Waals surface area contributed by atoms with Gasteiger partial charge in [-0.05, 0) is 43.0 Å². The average Bonchev–Trinajstić information content (AvgIpc) is 3.12. The molecule has 0 spiro atoms. The minimum Gasteiger partial charge on any atom is -0.435 e. The van der Waals surface area contributed by atoms with E-state index in [9.17, 15) is 22.0 Å². The summed E-state index contributed by atoms with van der Waals surface area (Å²) in [5, 5.41) is 2.76. The molecule has 1 N–H and O–H groups in total. The Morgan fingerprint density at radius 1 is 1.17 bits per heavy atom. The molecule has 0 bridgehead atoms. The number of hydrogen-bond acceptors (Lipinski definition) is 4. The molecule has 0 saturated carbocycles. The molecule has 1 aromatic carbocycles. The number of nitrogens with zero attached hydrogens (tertiary/aromatic N) is 2. The van der Waals surface area contributed by atoms with Crippen molar-refractivity contribution in [2.24, 2.45) is 7.05 Å². The van der Waals surface area contributed by atoms with Crippen molar-refractivity contribution in [2.75, 3.05) is 19.6 Å². The number of alkyl halides is 2. The molecule has 7 nitrogen and oxygen atoms in total. The van der Waals surface area contributed by atoms with Crippen molar-refractivity contribution in [1.29, 1.82) is 0 Å². The quantitative estimate of drug-likeness (QED) is 0.683. The standard InChI is InChI=1S/C20H25F2N3O4S/c1-24-14-17(30(27,28)25-11-3-2-4-12-25)13-18(24)19(26)23-10-9-15-5-7-16(8-6-15)29-20(21)22/h5-8,13-14,20H,2-4,9-12H2,1H3,(H,23,26). The highest BCUT2D eigenvalue weighted by atomic mass is 32.2. The number of piperidine rings is 1. The van der Waals surface area contributed by atoms with Crippen LogP contribution in [0, 0.1) is 0 Å². The van der Waals surface area contributed by atoms with E-state index in [0.717, 1.165) is 24.8 Å². The zero-order valence-corrected chi connectivity index (χ0v) is 17.5. The van der Waals surface area contributed by atoms with Crippen molar-refractivity contribution in [2.45, 2.75) is 37.2 Å². The lowest BCUT2D eigenvalue weighted by Gasteiger charge is -2.25. The third kappa shape index (κ3) is 5.37. The van der Waals surface area contributed by atoms with E-state index in [1.54, 1.807) is 19.2 Å². The van der Waals surface area contributed by atoms with Crippen LogP contribution in [-0.4, -0.2) is 49.4 Å². The van der Waals surface area contributed by atoms with Gasteiger partial charge in [0, 0.05) is 32.9 Å². The second-order valence-corrected chi connectivity index (χ2v) is 9.10. The van der Waals surface area contributed by atoms with Gasteiger partial charge in [0.2, 0.25) is 10.0 Å². The Morgan fingerprint density at radius 3 is 2.47 bits per heavy atom. The number of hydrogen-bond donors (Lipinski definition) is 1. The van der Waals surface area contributed by atoms with Gasteiger partial charge in [0.25, 0.3) is 5.91 Å². The van der Waals surface area contributed by atoms with Gasteiger partial charge < -0.3 is 14.6 Å². The first-order valence-electron chi connectivity index (χ1n) is 9.76. The number of halogens is 2. The zero-order valence-electron chi connectivity index (χ0n) is 16.7. The highest BCUT2D eigenvalue weighted by molar-refractivity contribution is 7.89. The summed E-state index contributed by atoms with van der Waals surface area (Å²) in [6.45, 7) is -1.56. The summed E-state index contributed by atoms with van der Waals surface area (Å²) in [6.07, 6.45) is 4.66.